The van der Waals surface area contributed by atoms with E-state index in [4.69, 9.17) is 23.2 Å². The van der Waals surface area contributed by atoms with Crippen molar-refractivity contribution in [3.8, 4) is 0 Å². The monoisotopic (exact) mass is 252 g/mol. The average molecular weight is 253 g/mol. The molecule has 0 spiro atoms. The topological polar surface area (TPSA) is 0 Å². The summed E-state index contributed by atoms with van der Waals surface area (Å²) in [5.74, 6) is 0. The molecule has 74 valence electrons. The molecule has 0 saturated heterocycles. The lowest BCUT2D eigenvalue weighted by Crippen LogP contribution is -1.86. The Bertz CT molecular complexity index is 479. The minimum absolute atomic E-state index is 0.0448. The Morgan fingerprint density at radius 1 is 1.21 bits per heavy atom. The summed E-state index contributed by atoms with van der Waals surface area (Å²) in [6.45, 7) is 0. The van der Waals surface area contributed by atoms with Crippen molar-refractivity contribution in [2.24, 2.45) is 0 Å². The molecule has 0 bridgehead atoms. The van der Waals surface area contributed by atoms with E-state index in [-0.39, 0.29) is 15.6 Å². The smallest absolute Gasteiger partial charge is 0.205 e. The zero-order valence-corrected chi connectivity index (χ0v) is 9.06. The summed E-state index contributed by atoms with van der Waals surface area (Å²) in [5, 5.41) is 2.67. The standard InChI is InChI=1S/C9H4Cl2F2S/c10-6-5(9(12)13)3-4-1-2-14-8(4)7(6)11/h1-3,9H. The van der Waals surface area contributed by atoms with E-state index in [0.29, 0.717) is 5.39 Å². The summed E-state index contributed by atoms with van der Waals surface area (Å²) < 4.78 is 25.8. The van der Waals surface area contributed by atoms with Crippen LogP contribution < -0.4 is 0 Å². The van der Waals surface area contributed by atoms with E-state index in [1.165, 1.54) is 17.4 Å². The Morgan fingerprint density at radius 3 is 2.57 bits per heavy atom. The molecular formula is C9H4Cl2F2S. The molecule has 0 radical (unpaired) electrons. The second kappa shape index (κ2) is 3.65. The van der Waals surface area contributed by atoms with E-state index in [1.54, 1.807) is 11.4 Å². The Morgan fingerprint density at radius 2 is 1.93 bits per heavy atom. The quantitative estimate of drug-likeness (QED) is 0.659. The Labute approximate surface area is 93.1 Å². The Hall–Kier alpha value is -0.380. The van der Waals surface area contributed by atoms with Crippen LogP contribution in [-0.2, 0) is 0 Å². The van der Waals surface area contributed by atoms with Crippen molar-refractivity contribution in [2.75, 3.05) is 0 Å². The van der Waals surface area contributed by atoms with Crippen LogP contribution in [0.5, 0.6) is 0 Å². The van der Waals surface area contributed by atoms with Crippen molar-refractivity contribution < 1.29 is 8.78 Å². The predicted octanol–water partition coefficient (Wildman–Crippen LogP) is 5.15. The van der Waals surface area contributed by atoms with Gasteiger partial charge in [-0.25, -0.2) is 8.78 Å². The maximum absolute atomic E-state index is 12.5. The van der Waals surface area contributed by atoms with Gasteiger partial charge in [0.1, 0.15) is 0 Å². The molecule has 1 aromatic carbocycles. The second-order valence-corrected chi connectivity index (χ2v) is 4.41. The molecule has 5 heteroatoms. The summed E-state index contributed by atoms with van der Waals surface area (Å²) in [5.41, 5.74) is -0.206. The first-order valence-corrected chi connectivity index (χ1v) is 5.38. The van der Waals surface area contributed by atoms with Gasteiger partial charge in [0, 0.05) is 5.56 Å². The number of benzene rings is 1. The molecule has 0 aliphatic carbocycles. The summed E-state index contributed by atoms with van der Waals surface area (Å²) in [6.07, 6.45) is -2.59. The summed E-state index contributed by atoms with van der Waals surface area (Å²) in [6, 6.07) is 3.12. The van der Waals surface area contributed by atoms with Crippen molar-refractivity contribution in [1.29, 1.82) is 0 Å². The van der Waals surface area contributed by atoms with Crippen molar-refractivity contribution in [2.45, 2.75) is 6.43 Å². The third-order valence-electron chi connectivity index (χ3n) is 1.89. The van der Waals surface area contributed by atoms with Crippen molar-refractivity contribution >= 4 is 44.6 Å². The number of alkyl halides is 2. The fourth-order valence-electron chi connectivity index (χ4n) is 1.23. The molecule has 0 unspecified atom stereocenters. The van der Waals surface area contributed by atoms with Crippen molar-refractivity contribution in [1.82, 2.24) is 0 Å². The highest BCUT2D eigenvalue weighted by Gasteiger charge is 2.17. The number of halogens is 4. The summed E-state index contributed by atoms with van der Waals surface area (Å²) >= 11 is 13.0. The minimum Gasteiger partial charge on any atom is -0.205 e. The van der Waals surface area contributed by atoms with E-state index < -0.39 is 6.43 Å². The van der Waals surface area contributed by atoms with E-state index in [1.807, 2.05) is 0 Å². The highest BCUT2D eigenvalue weighted by atomic mass is 35.5. The maximum atomic E-state index is 12.5. The lowest BCUT2D eigenvalue weighted by molar-refractivity contribution is 0.151. The SMILES string of the molecule is FC(F)c1cc2ccsc2c(Cl)c1Cl. The minimum atomic E-state index is -2.59. The molecule has 0 atom stereocenters. The largest absolute Gasteiger partial charge is 0.265 e. The van der Waals surface area contributed by atoms with Gasteiger partial charge in [-0.05, 0) is 22.9 Å². The van der Waals surface area contributed by atoms with E-state index >= 15 is 0 Å². The molecule has 2 rings (SSSR count). The number of rotatable bonds is 1. The molecule has 0 fully saturated rings. The number of thiophene rings is 1. The lowest BCUT2D eigenvalue weighted by atomic mass is 10.2. The van der Waals surface area contributed by atoms with Crippen LogP contribution in [0.1, 0.15) is 12.0 Å². The fourth-order valence-corrected chi connectivity index (χ4v) is 2.69. The molecular weight excluding hydrogens is 249 g/mol. The highest BCUT2D eigenvalue weighted by molar-refractivity contribution is 7.18. The molecule has 1 aromatic heterocycles. The van der Waals surface area contributed by atoms with Gasteiger partial charge >= 0.3 is 0 Å². The predicted molar refractivity (Wildman–Crippen MR) is 56.8 cm³/mol. The highest BCUT2D eigenvalue weighted by Crippen LogP contribution is 2.40. The Kier molecular flexibility index (Phi) is 2.64. The molecule has 1 heterocycles. The average Bonchev–Trinajstić information content (AvgIpc) is 2.58. The maximum Gasteiger partial charge on any atom is 0.265 e. The van der Waals surface area contributed by atoms with Gasteiger partial charge < -0.3 is 0 Å². The van der Waals surface area contributed by atoms with Crippen LogP contribution >= 0.6 is 34.5 Å². The molecule has 0 amide bonds. The van der Waals surface area contributed by atoms with Gasteiger partial charge in [0.05, 0.1) is 14.7 Å². The van der Waals surface area contributed by atoms with Crippen LogP contribution in [0.3, 0.4) is 0 Å². The lowest BCUT2D eigenvalue weighted by Gasteiger charge is -2.05. The molecule has 0 aliphatic heterocycles. The van der Waals surface area contributed by atoms with Gasteiger partial charge in [-0.2, -0.15) is 0 Å². The molecule has 0 saturated carbocycles. The van der Waals surface area contributed by atoms with Crippen LogP contribution in [0.2, 0.25) is 10.0 Å². The Balaban J connectivity index is 2.80. The first-order chi connectivity index (χ1) is 6.61. The van der Waals surface area contributed by atoms with Gasteiger partial charge in [0.25, 0.3) is 6.43 Å². The van der Waals surface area contributed by atoms with E-state index in [0.717, 1.165) is 4.70 Å². The van der Waals surface area contributed by atoms with Crippen LogP contribution in [0.4, 0.5) is 8.78 Å². The van der Waals surface area contributed by atoms with Gasteiger partial charge in [-0.3, -0.25) is 0 Å². The normalized spacial score (nSPS) is 11.5. The summed E-state index contributed by atoms with van der Waals surface area (Å²) in [7, 11) is 0. The zero-order chi connectivity index (χ0) is 10.3. The molecule has 14 heavy (non-hydrogen) atoms. The van der Waals surface area contributed by atoms with Crippen molar-refractivity contribution in [3.05, 3.63) is 33.1 Å². The molecule has 0 aliphatic rings. The van der Waals surface area contributed by atoms with Crippen LogP contribution in [0.25, 0.3) is 10.1 Å². The number of fused-ring (bicyclic) bond motifs is 1. The fraction of sp³-hybridized carbons (Fsp3) is 0.111. The molecule has 0 N–H and O–H groups in total. The van der Waals surface area contributed by atoms with Crippen molar-refractivity contribution in [3.63, 3.8) is 0 Å². The first kappa shape index (κ1) is 10.1. The summed E-state index contributed by atoms with van der Waals surface area (Å²) in [4.78, 5) is 0. The molecule has 2 aromatic rings. The molecule has 0 nitrogen and oxygen atoms in total. The second-order valence-electron chi connectivity index (χ2n) is 2.73. The van der Waals surface area contributed by atoms with E-state index in [9.17, 15) is 8.78 Å². The van der Waals surface area contributed by atoms with Gasteiger partial charge in [0.2, 0.25) is 0 Å². The third-order valence-corrected chi connectivity index (χ3v) is 3.83. The van der Waals surface area contributed by atoms with Crippen LogP contribution in [0, 0.1) is 0 Å². The van der Waals surface area contributed by atoms with Gasteiger partial charge in [0.15, 0.2) is 0 Å². The zero-order valence-electron chi connectivity index (χ0n) is 6.73. The van der Waals surface area contributed by atoms with Gasteiger partial charge in [-0.15, -0.1) is 11.3 Å². The van der Waals surface area contributed by atoms with Crippen LogP contribution in [-0.4, -0.2) is 0 Å². The first-order valence-electron chi connectivity index (χ1n) is 3.74. The number of hydrogen-bond acceptors (Lipinski definition) is 1. The van der Waals surface area contributed by atoms with Gasteiger partial charge in [-0.1, -0.05) is 23.2 Å². The number of hydrogen-bond donors (Lipinski definition) is 0. The van der Waals surface area contributed by atoms with Crippen LogP contribution in [0.15, 0.2) is 17.5 Å². The van der Waals surface area contributed by atoms with E-state index in [2.05, 4.69) is 0 Å². The third kappa shape index (κ3) is 1.49.